The lowest BCUT2D eigenvalue weighted by atomic mass is 10.1. The van der Waals surface area contributed by atoms with Gasteiger partial charge in [-0.15, -0.1) is 0 Å². The Balaban J connectivity index is 2.05. The van der Waals surface area contributed by atoms with Crippen LogP contribution in [0.15, 0.2) is 41.5 Å². The molecule has 0 radical (unpaired) electrons. The molecule has 0 aliphatic carbocycles. The summed E-state index contributed by atoms with van der Waals surface area (Å²) in [5, 5.41) is 9.71. The van der Waals surface area contributed by atoms with Crippen molar-refractivity contribution in [1.29, 1.82) is 5.26 Å². The molecule has 9 nitrogen and oxygen atoms in total. The molecule has 0 amide bonds. The second-order valence-electron chi connectivity index (χ2n) is 5.94. The number of benzene rings is 2. The van der Waals surface area contributed by atoms with Crippen molar-refractivity contribution in [2.45, 2.75) is 6.92 Å². The minimum absolute atomic E-state index is 0.0806. The summed E-state index contributed by atoms with van der Waals surface area (Å²) in [6.07, 6.45) is 1.25. The van der Waals surface area contributed by atoms with Gasteiger partial charge in [0.25, 0.3) is 5.56 Å². The third-order valence-electron chi connectivity index (χ3n) is 4.15. The van der Waals surface area contributed by atoms with E-state index in [1.807, 2.05) is 0 Å². The summed E-state index contributed by atoms with van der Waals surface area (Å²) >= 11 is 0. The van der Waals surface area contributed by atoms with Gasteiger partial charge in [-0.05, 0) is 30.3 Å². The zero-order valence-electron chi connectivity index (χ0n) is 15.4. The quantitative estimate of drug-likeness (QED) is 0.633. The molecule has 1 heterocycles. The van der Waals surface area contributed by atoms with E-state index in [0.717, 1.165) is 16.4 Å². The topological polar surface area (TPSA) is 128 Å². The van der Waals surface area contributed by atoms with Gasteiger partial charge in [0.05, 0.1) is 22.9 Å². The molecule has 150 valence electrons. The minimum Gasteiger partial charge on any atom is -0.453 e. The molecule has 0 saturated heterocycles. The highest BCUT2D eigenvalue weighted by Gasteiger charge is 2.22. The van der Waals surface area contributed by atoms with Crippen LogP contribution in [0.4, 0.5) is 10.1 Å². The zero-order chi connectivity index (χ0) is 21.2. The first kappa shape index (κ1) is 20.2. The lowest BCUT2D eigenvalue weighted by molar-refractivity contribution is 0.441. The van der Waals surface area contributed by atoms with E-state index in [1.54, 1.807) is 13.0 Å². The number of aromatic amines is 1. The molecule has 0 bridgehead atoms. The van der Waals surface area contributed by atoms with Gasteiger partial charge in [-0.2, -0.15) is 18.0 Å². The van der Waals surface area contributed by atoms with Crippen molar-refractivity contribution in [2.24, 2.45) is 0 Å². The summed E-state index contributed by atoms with van der Waals surface area (Å²) in [4.78, 5) is 18.3. The van der Waals surface area contributed by atoms with E-state index in [2.05, 4.69) is 14.7 Å². The minimum atomic E-state index is -3.93. The lowest BCUT2D eigenvalue weighted by Gasteiger charge is -2.18. The van der Waals surface area contributed by atoms with Crippen LogP contribution >= 0.6 is 0 Å². The van der Waals surface area contributed by atoms with Crippen LogP contribution in [-0.4, -0.2) is 36.3 Å². The molecular weight excluding hydrogens is 401 g/mol. The fourth-order valence-electron chi connectivity index (χ4n) is 2.47. The van der Waals surface area contributed by atoms with Gasteiger partial charge in [-0.1, -0.05) is 6.92 Å². The van der Waals surface area contributed by atoms with Crippen LogP contribution in [0, 0.1) is 17.1 Å². The molecule has 2 aromatic carbocycles. The number of ether oxygens (including phenoxy) is 1. The molecular formula is C18H16FN5O4S. The van der Waals surface area contributed by atoms with E-state index in [9.17, 15) is 22.9 Å². The zero-order valence-corrected chi connectivity index (χ0v) is 16.2. The van der Waals surface area contributed by atoms with Crippen LogP contribution in [-0.2, 0) is 10.2 Å². The molecule has 0 spiro atoms. The number of nitrogens with zero attached hydrogens (tertiary/aromatic N) is 3. The monoisotopic (exact) mass is 417 g/mol. The van der Waals surface area contributed by atoms with E-state index in [4.69, 9.17) is 4.74 Å². The molecule has 2 N–H and O–H groups in total. The highest BCUT2D eigenvalue weighted by molar-refractivity contribution is 7.90. The Morgan fingerprint density at radius 3 is 2.79 bits per heavy atom. The van der Waals surface area contributed by atoms with Crippen LogP contribution in [0.3, 0.4) is 0 Å². The molecule has 0 aliphatic rings. The van der Waals surface area contributed by atoms with Crippen LogP contribution in [0.1, 0.15) is 12.5 Å². The van der Waals surface area contributed by atoms with Gasteiger partial charge in [-0.3, -0.25) is 9.52 Å². The Morgan fingerprint density at radius 1 is 1.34 bits per heavy atom. The van der Waals surface area contributed by atoms with E-state index >= 15 is 0 Å². The van der Waals surface area contributed by atoms with Crippen LogP contribution < -0.4 is 15.0 Å². The number of nitrogens with one attached hydrogen (secondary N) is 2. The fourth-order valence-corrected chi connectivity index (χ4v) is 3.41. The van der Waals surface area contributed by atoms with E-state index < -0.39 is 27.3 Å². The summed E-state index contributed by atoms with van der Waals surface area (Å²) in [6.45, 7) is 1.83. The number of fused-ring (bicyclic) bond motifs is 1. The summed E-state index contributed by atoms with van der Waals surface area (Å²) in [7, 11) is -2.58. The number of hydrogen-bond acceptors (Lipinski definition) is 6. The first-order valence-electron chi connectivity index (χ1n) is 8.38. The molecule has 0 unspecified atom stereocenters. The highest BCUT2D eigenvalue weighted by atomic mass is 32.2. The summed E-state index contributed by atoms with van der Waals surface area (Å²) < 4.78 is 47.7. The van der Waals surface area contributed by atoms with E-state index in [1.165, 1.54) is 31.6 Å². The van der Waals surface area contributed by atoms with Crippen LogP contribution in [0.25, 0.3) is 10.9 Å². The number of H-pyrrole nitrogens is 1. The van der Waals surface area contributed by atoms with E-state index in [0.29, 0.717) is 5.52 Å². The average Bonchev–Trinajstić information content (AvgIpc) is 2.70. The van der Waals surface area contributed by atoms with Crippen LogP contribution in [0.5, 0.6) is 11.5 Å². The average molecular weight is 417 g/mol. The van der Waals surface area contributed by atoms with Crippen molar-refractivity contribution in [3.8, 4) is 17.6 Å². The molecule has 0 atom stereocenters. The molecule has 3 aromatic rings. The number of hydrogen-bond donors (Lipinski definition) is 2. The summed E-state index contributed by atoms with van der Waals surface area (Å²) in [6, 6.07) is 8.19. The second kappa shape index (κ2) is 7.86. The largest absolute Gasteiger partial charge is 0.453 e. The van der Waals surface area contributed by atoms with Crippen molar-refractivity contribution >= 4 is 26.8 Å². The number of nitriles is 1. The fraction of sp³-hybridized carbons (Fsp3) is 0.167. The first-order valence-corrected chi connectivity index (χ1v) is 9.82. The Labute approximate surface area is 165 Å². The van der Waals surface area contributed by atoms with Gasteiger partial charge in [0.2, 0.25) is 0 Å². The van der Waals surface area contributed by atoms with Gasteiger partial charge >= 0.3 is 10.2 Å². The smallest absolute Gasteiger partial charge is 0.301 e. The molecule has 0 aliphatic heterocycles. The van der Waals surface area contributed by atoms with Crippen molar-refractivity contribution in [1.82, 2.24) is 14.3 Å². The number of halogens is 1. The molecule has 3 rings (SSSR count). The lowest BCUT2D eigenvalue weighted by Crippen LogP contribution is -2.32. The summed E-state index contributed by atoms with van der Waals surface area (Å²) in [5.41, 5.74) is -0.473. The van der Waals surface area contributed by atoms with Gasteiger partial charge in [0.1, 0.15) is 17.4 Å². The molecule has 11 heteroatoms. The third-order valence-corrected chi connectivity index (χ3v) is 5.70. The van der Waals surface area contributed by atoms with Gasteiger partial charge in [-0.25, -0.2) is 9.37 Å². The highest BCUT2D eigenvalue weighted by Crippen LogP contribution is 2.34. The van der Waals surface area contributed by atoms with Crippen molar-refractivity contribution < 1.29 is 17.5 Å². The maximum Gasteiger partial charge on any atom is 0.301 e. The Bertz CT molecular complexity index is 1280. The third kappa shape index (κ3) is 4.03. The molecule has 0 fully saturated rings. The standard InChI is InChI=1S/C18H16FN5O4S/c1-3-24(2)29(26,27)23-16-7-5-14(19)17(13(16)9-20)28-11-4-6-15-12(8-11)18(25)22-10-21-15/h4-8,10,23H,3H2,1-2H3,(H,21,22,25). The van der Waals surface area contributed by atoms with Crippen LogP contribution in [0.2, 0.25) is 0 Å². The molecule has 0 saturated carbocycles. The maximum atomic E-state index is 14.4. The number of aromatic nitrogens is 2. The van der Waals surface area contributed by atoms with Gasteiger partial charge in [0, 0.05) is 13.6 Å². The Hall–Kier alpha value is -3.49. The Kier molecular flexibility index (Phi) is 5.49. The predicted octanol–water partition coefficient (Wildman–Crippen LogP) is 2.33. The maximum absolute atomic E-state index is 14.4. The SMILES string of the molecule is CCN(C)S(=O)(=O)Nc1ccc(F)c(Oc2ccc3nc[nH]c(=O)c3c2)c1C#N. The predicted molar refractivity (Wildman–Crippen MR) is 104 cm³/mol. The normalized spacial score (nSPS) is 11.4. The number of rotatable bonds is 6. The first-order chi connectivity index (χ1) is 13.8. The second-order valence-corrected chi connectivity index (χ2v) is 7.72. The van der Waals surface area contributed by atoms with Crippen molar-refractivity contribution in [3.63, 3.8) is 0 Å². The number of anilines is 1. The van der Waals surface area contributed by atoms with Gasteiger partial charge < -0.3 is 9.72 Å². The van der Waals surface area contributed by atoms with Crippen molar-refractivity contribution in [3.05, 3.63) is 58.4 Å². The Morgan fingerprint density at radius 2 is 2.10 bits per heavy atom. The summed E-state index contributed by atoms with van der Waals surface area (Å²) in [5.74, 6) is -1.25. The molecule has 29 heavy (non-hydrogen) atoms. The van der Waals surface area contributed by atoms with Crippen molar-refractivity contribution in [2.75, 3.05) is 18.3 Å². The molecule has 1 aromatic heterocycles. The van der Waals surface area contributed by atoms with Gasteiger partial charge in [0.15, 0.2) is 11.6 Å². The van der Waals surface area contributed by atoms with E-state index in [-0.39, 0.29) is 28.9 Å².